The average Bonchev–Trinajstić information content (AvgIpc) is 2.33. The van der Waals surface area contributed by atoms with E-state index in [0.717, 1.165) is 5.82 Å². The highest BCUT2D eigenvalue weighted by Crippen LogP contribution is 2.10. The van der Waals surface area contributed by atoms with Gasteiger partial charge in [-0.25, -0.2) is 10.5 Å². The van der Waals surface area contributed by atoms with Gasteiger partial charge in [0.1, 0.15) is 5.82 Å². The summed E-state index contributed by atoms with van der Waals surface area (Å²) in [6.45, 7) is 4.10. The van der Waals surface area contributed by atoms with Crippen LogP contribution in [0.15, 0.2) is 12.3 Å². The third-order valence-electron chi connectivity index (χ3n) is 1.31. The lowest BCUT2D eigenvalue weighted by Gasteiger charge is -2.08. The van der Waals surface area contributed by atoms with E-state index >= 15 is 0 Å². The number of anilines is 1. The molecule has 56 valence electrons. The quantitative estimate of drug-likeness (QED) is 0.470. The summed E-state index contributed by atoms with van der Waals surface area (Å²) in [7, 11) is 0. The Kier molecular flexibility index (Phi) is 1.91. The van der Waals surface area contributed by atoms with Gasteiger partial charge in [-0.2, -0.15) is 5.10 Å². The van der Waals surface area contributed by atoms with Gasteiger partial charge < -0.3 is 5.43 Å². The molecule has 0 bridgehead atoms. The van der Waals surface area contributed by atoms with Crippen molar-refractivity contribution in [3.63, 3.8) is 0 Å². The molecule has 3 N–H and O–H groups in total. The average molecular weight is 140 g/mol. The summed E-state index contributed by atoms with van der Waals surface area (Å²) in [6, 6.07) is 2.18. The van der Waals surface area contributed by atoms with Crippen LogP contribution in [-0.2, 0) is 0 Å². The van der Waals surface area contributed by atoms with Gasteiger partial charge in [-0.1, -0.05) is 0 Å². The molecule has 0 aliphatic carbocycles. The van der Waals surface area contributed by atoms with Crippen LogP contribution in [0.5, 0.6) is 0 Å². The van der Waals surface area contributed by atoms with Crippen LogP contribution in [0.4, 0.5) is 5.82 Å². The Morgan fingerprint density at radius 1 is 1.70 bits per heavy atom. The molecule has 1 heterocycles. The summed E-state index contributed by atoms with van der Waals surface area (Å²) in [4.78, 5) is 0. The Morgan fingerprint density at radius 3 is 2.80 bits per heavy atom. The minimum absolute atomic E-state index is 0.348. The summed E-state index contributed by atoms with van der Waals surface area (Å²) in [6.07, 6.45) is 1.72. The molecule has 0 saturated carbocycles. The van der Waals surface area contributed by atoms with Gasteiger partial charge >= 0.3 is 0 Å². The standard InChI is InChI=1S/C6H12N4/c1-5(2)10-6(9-7)3-4-8-10/h3-5,9H,7H2,1-2H3. The van der Waals surface area contributed by atoms with E-state index in [1.807, 2.05) is 24.6 Å². The number of rotatable bonds is 2. The SMILES string of the molecule is CC(C)n1nccc1NN. The molecule has 0 saturated heterocycles. The van der Waals surface area contributed by atoms with Gasteiger partial charge in [0, 0.05) is 12.1 Å². The van der Waals surface area contributed by atoms with Crippen LogP contribution < -0.4 is 11.3 Å². The maximum atomic E-state index is 5.22. The van der Waals surface area contributed by atoms with Crippen LogP contribution in [0.1, 0.15) is 19.9 Å². The van der Waals surface area contributed by atoms with Gasteiger partial charge in [0.2, 0.25) is 0 Å². The summed E-state index contributed by atoms with van der Waals surface area (Å²) in [5.41, 5.74) is 2.56. The van der Waals surface area contributed by atoms with E-state index < -0.39 is 0 Å². The molecular formula is C6H12N4. The number of aromatic nitrogens is 2. The first kappa shape index (κ1) is 7.08. The summed E-state index contributed by atoms with van der Waals surface area (Å²) in [5, 5.41) is 4.06. The van der Waals surface area contributed by atoms with Crippen molar-refractivity contribution in [2.24, 2.45) is 5.84 Å². The largest absolute Gasteiger partial charge is 0.309 e. The second-order valence-electron chi connectivity index (χ2n) is 2.40. The number of nitrogens with one attached hydrogen (secondary N) is 1. The second kappa shape index (κ2) is 2.70. The fourth-order valence-electron chi connectivity index (χ4n) is 0.840. The normalized spacial score (nSPS) is 10.4. The van der Waals surface area contributed by atoms with Gasteiger partial charge in [-0.15, -0.1) is 0 Å². The van der Waals surface area contributed by atoms with Gasteiger partial charge in [-0.3, -0.25) is 0 Å². The molecule has 0 aromatic carbocycles. The summed E-state index contributed by atoms with van der Waals surface area (Å²) in [5.74, 6) is 6.06. The van der Waals surface area contributed by atoms with Crippen molar-refractivity contribution in [2.75, 3.05) is 5.43 Å². The highest BCUT2D eigenvalue weighted by molar-refractivity contribution is 5.31. The highest BCUT2D eigenvalue weighted by Gasteiger charge is 2.01. The van der Waals surface area contributed by atoms with Crippen molar-refractivity contribution in [2.45, 2.75) is 19.9 Å². The van der Waals surface area contributed by atoms with Crippen LogP contribution in [0.3, 0.4) is 0 Å². The topological polar surface area (TPSA) is 55.9 Å². The zero-order valence-electron chi connectivity index (χ0n) is 6.20. The second-order valence-corrected chi connectivity index (χ2v) is 2.40. The third kappa shape index (κ3) is 1.11. The molecule has 1 rings (SSSR count). The number of hydrogen-bond acceptors (Lipinski definition) is 3. The van der Waals surface area contributed by atoms with E-state index in [2.05, 4.69) is 10.5 Å². The molecule has 0 fully saturated rings. The van der Waals surface area contributed by atoms with Crippen molar-refractivity contribution >= 4 is 5.82 Å². The molecule has 0 amide bonds. The van der Waals surface area contributed by atoms with Crippen molar-refractivity contribution in [1.29, 1.82) is 0 Å². The van der Waals surface area contributed by atoms with Crippen molar-refractivity contribution in [3.05, 3.63) is 12.3 Å². The van der Waals surface area contributed by atoms with E-state index in [0.29, 0.717) is 6.04 Å². The molecule has 0 aliphatic rings. The molecule has 0 spiro atoms. The number of nitrogens with zero attached hydrogens (tertiary/aromatic N) is 2. The van der Waals surface area contributed by atoms with Gasteiger partial charge in [0.05, 0.1) is 6.20 Å². The fraction of sp³-hybridized carbons (Fsp3) is 0.500. The smallest absolute Gasteiger partial charge is 0.138 e. The Bertz CT molecular complexity index is 203. The van der Waals surface area contributed by atoms with Crippen molar-refractivity contribution in [1.82, 2.24) is 9.78 Å². The lowest BCUT2D eigenvalue weighted by Crippen LogP contribution is -2.14. The molecule has 0 radical (unpaired) electrons. The predicted molar refractivity (Wildman–Crippen MR) is 40.4 cm³/mol. The molecule has 10 heavy (non-hydrogen) atoms. The van der Waals surface area contributed by atoms with E-state index in [4.69, 9.17) is 5.84 Å². The Labute approximate surface area is 60.0 Å². The number of nitrogens with two attached hydrogens (primary N) is 1. The van der Waals surface area contributed by atoms with Crippen LogP contribution in [0.25, 0.3) is 0 Å². The Morgan fingerprint density at radius 2 is 2.40 bits per heavy atom. The zero-order valence-corrected chi connectivity index (χ0v) is 6.20. The maximum absolute atomic E-state index is 5.22. The molecule has 1 aromatic heterocycles. The molecule has 4 heteroatoms. The van der Waals surface area contributed by atoms with Gasteiger partial charge in [0.15, 0.2) is 0 Å². The number of hydrogen-bond donors (Lipinski definition) is 2. The Hall–Kier alpha value is -1.03. The molecule has 4 nitrogen and oxygen atoms in total. The number of nitrogen functional groups attached to an aromatic ring is 1. The molecular weight excluding hydrogens is 128 g/mol. The minimum atomic E-state index is 0.348. The Balaban J connectivity index is 2.90. The van der Waals surface area contributed by atoms with Crippen LogP contribution in [-0.4, -0.2) is 9.78 Å². The molecule has 0 unspecified atom stereocenters. The van der Waals surface area contributed by atoms with Crippen molar-refractivity contribution in [3.8, 4) is 0 Å². The maximum Gasteiger partial charge on any atom is 0.138 e. The summed E-state index contributed by atoms with van der Waals surface area (Å²) < 4.78 is 1.82. The van der Waals surface area contributed by atoms with E-state index in [9.17, 15) is 0 Å². The van der Waals surface area contributed by atoms with Crippen LogP contribution in [0, 0.1) is 0 Å². The lowest BCUT2D eigenvalue weighted by molar-refractivity contribution is 0.538. The molecule has 0 aliphatic heterocycles. The van der Waals surface area contributed by atoms with Gasteiger partial charge in [-0.05, 0) is 13.8 Å². The van der Waals surface area contributed by atoms with E-state index in [-0.39, 0.29) is 0 Å². The predicted octanol–water partition coefficient (Wildman–Crippen LogP) is 0.750. The first-order chi connectivity index (χ1) is 4.75. The lowest BCUT2D eigenvalue weighted by atomic mass is 10.4. The van der Waals surface area contributed by atoms with E-state index in [1.54, 1.807) is 6.20 Å². The van der Waals surface area contributed by atoms with Gasteiger partial charge in [0.25, 0.3) is 0 Å². The summed E-state index contributed by atoms with van der Waals surface area (Å²) >= 11 is 0. The minimum Gasteiger partial charge on any atom is -0.309 e. The fourth-order valence-corrected chi connectivity index (χ4v) is 0.840. The van der Waals surface area contributed by atoms with Crippen LogP contribution in [0.2, 0.25) is 0 Å². The molecule has 1 aromatic rings. The zero-order chi connectivity index (χ0) is 7.56. The highest BCUT2D eigenvalue weighted by atomic mass is 15.4. The first-order valence-corrected chi connectivity index (χ1v) is 3.26. The molecule has 0 atom stereocenters. The van der Waals surface area contributed by atoms with E-state index in [1.165, 1.54) is 0 Å². The van der Waals surface area contributed by atoms with Crippen molar-refractivity contribution < 1.29 is 0 Å². The number of hydrazine groups is 1. The monoisotopic (exact) mass is 140 g/mol. The van der Waals surface area contributed by atoms with Crippen LogP contribution >= 0.6 is 0 Å². The first-order valence-electron chi connectivity index (χ1n) is 3.26. The third-order valence-corrected chi connectivity index (χ3v) is 1.31.